The van der Waals surface area contributed by atoms with Gasteiger partial charge in [0.2, 0.25) is 5.28 Å². The second kappa shape index (κ2) is 5.64. The summed E-state index contributed by atoms with van der Waals surface area (Å²) < 4.78 is 11.4. The summed E-state index contributed by atoms with van der Waals surface area (Å²) in [6, 6.07) is 0. The monoisotopic (exact) mass is 317 g/mol. The second-order valence-corrected chi connectivity index (χ2v) is 6.17. The number of nitrogens with zero attached hydrogens (tertiary/aromatic N) is 3. The molecule has 0 amide bonds. The first-order valence-corrected chi connectivity index (χ1v) is 7.47. The fourth-order valence-electron chi connectivity index (χ4n) is 2.93. The van der Waals surface area contributed by atoms with Crippen LogP contribution in [-0.2, 0) is 9.47 Å². The largest absolute Gasteiger partial charge is 0.382 e. The van der Waals surface area contributed by atoms with E-state index in [-0.39, 0.29) is 17.0 Å². The van der Waals surface area contributed by atoms with Gasteiger partial charge in [0, 0.05) is 20.2 Å². The molecule has 7 heteroatoms. The lowest BCUT2D eigenvalue weighted by atomic mass is 9.78. The molecule has 0 N–H and O–H groups in total. The van der Waals surface area contributed by atoms with Crippen LogP contribution >= 0.6 is 23.2 Å². The van der Waals surface area contributed by atoms with Crippen molar-refractivity contribution < 1.29 is 9.47 Å². The van der Waals surface area contributed by atoms with Gasteiger partial charge in [0.1, 0.15) is 5.02 Å². The number of morpholine rings is 1. The average Bonchev–Trinajstić information content (AvgIpc) is 2.40. The van der Waals surface area contributed by atoms with Crippen LogP contribution < -0.4 is 4.90 Å². The summed E-state index contributed by atoms with van der Waals surface area (Å²) in [6.45, 7) is 2.05. The van der Waals surface area contributed by atoms with Crippen LogP contribution in [0.3, 0.4) is 0 Å². The number of aromatic nitrogens is 2. The van der Waals surface area contributed by atoms with E-state index in [1.807, 2.05) is 0 Å². The molecule has 1 saturated heterocycles. The number of ether oxygens (including phenoxy) is 2. The van der Waals surface area contributed by atoms with Crippen LogP contribution in [0.25, 0.3) is 0 Å². The van der Waals surface area contributed by atoms with E-state index >= 15 is 0 Å². The molecule has 1 unspecified atom stereocenters. The summed E-state index contributed by atoms with van der Waals surface area (Å²) in [5, 5.41) is 0.726. The SMILES string of the molecule is COCC1CN(c2nc(Cl)ncc2Cl)CC2(CCC2)O1. The first kappa shape index (κ1) is 14.3. The summed E-state index contributed by atoms with van der Waals surface area (Å²) in [7, 11) is 1.68. The lowest BCUT2D eigenvalue weighted by Crippen LogP contribution is -2.60. The third-order valence-corrected chi connectivity index (χ3v) is 4.38. The highest BCUT2D eigenvalue weighted by Crippen LogP contribution is 2.41. The highest BCUT2D eigenvalue weighted by atomic mass is 35.5. The molecule has 1 aliphatic carbocycles. The van der Waals surface area contributed by atoms with Gasteiger partial charge in [-0.25, -0.2) is 4.98 Å². The Morgan fingerprint density at radius 2 is 2.30 bits per heavy atom. The first-order chi connectivity index (χ1) is 9.62. The lowest BCUT2D eigenvalue weighted by molar-refractivity contribution is -0.162. The van der Waals surface area contributed by atoms with Crippen LogP contribution in [0.15, 0.2) is 6.20 Å². The van der Waals surface area contributed by atoms with Crippen LogP contribution in [0.1, 0.15) is 19.3 Å². The van der Waals surface area contributed by atoms with E-state index in [1.165, 1.54) is 6.42 Å². The summed E-state index contributed by atoms with van der Waals surface area (Å²) in [5.74, 6) is 0.683. The number of hydrogen-bond acceptors (Lipinski definition) is 5. The van der Waals surface area contributed by atoms with E-state index in [4.69, 9.17) is 32.7 Å². The van der Waals surface area contributed by atoms with Crippen molar-refractivity contribution in [2.75, 3.05) is 31.7 Å². The Hall–Kier alpha value is -0.620. The minimum atomic E-state index is -0.0811. The van der Waals surface area contributed by atoms with E-state index in [0.29, 0.717) is 24.0 Å². The quantitative estimate of drug-likeness (QED) is 0.802. The van der Waals surface area contributed by atoms with Crippen molar-refractivity contribution in [1.82, 2.24) is 9.97 Å². The maximum absolute atomic E-state index is 6.21. The zero-order valence-corrected chi connectivity index (χ0v) is 12.8. The van der Waals surface area contributed by atoms with Crippen molar-refractivity contribution in [3.8, 4) is 0 Å². The normalized spacial score (nSPS) is 24.8. The molecule has 0 bridgehead atoms. The molecule has 1 atom stereocenters. The lowest BCUT2D eigenvalue weighted by Gasteiger charge is -2.51. The van der Waals surface area contributed by atoms with Crippen LogP contribution in [-0.4, -0.2) is 48.5 Å². The molecule has 1 aromatic rings. The zero-order valence-electron chi connectivity index (χ0n) is 11.3. The Kier molecular flexibility index (Phi) is 4.04. The Labute approximate surface area is 128 Å². The van der Waals surface area contributed by atoms with Crippen LogP contribution in [0.5, 0.6) is 0 Å². The van der Waals surface area contributed by atoms with Gasteiger partial charge in [0.15, 0.2) is 5.82 Å². The molecule has 1 aromatic heterocycles. The average molecular weight is 318 g/mol. The van der Waals surface area contributed by atoms with Crippen molar-refractivity contribution >= 4 is 29.0 Å². The van der Waals surface area contributed by atoms with Crippen LogP contribution in [0.2, 0.25) is 10.3 Å². The van der Waals surface area contributed by atoms with Crippen LogP contribution in [0.4, 0.5) is 5.82 Å². The van der Waals surface area contributed by atoms with Gasteiger partial charge >= 0.3 is 0 Å². The van der Waals surface area contributed by atoms with Crippen molar-refractivity contribution in [1.29, 1.82) is 0 Å². The van der Waals surface area contributed by atoms with E-state index < -0.39 is 0 Å². The molecular formula is C13H17Cl2N3O2. The molecular weight excluding hydrogens is 301 g/mol. The molecule has 1 aliphatic heterocycles. The van der Waals surface area contributed by atoms with Gasteiger partial charge in [0.25, 0.3) is 0 Å². The highest BCUT2D eigenvalue weighted by Gasteiger charge is 2.45. The van der Waals surface area contributed by atoms with E-state index in [0.717, 1.165) is 19.4 Å². The molecule has 0 radical (unpaired) electrons. The van der Waals surface area contributed by atoms with Gasteiger partial charge in [-0.1, -0.05) is 11.6 Å². The molecule has 2 aliphatic rings. The maximum atomic E-state index is 6.21. The molecule has 1 saturated carbocycles. The van der Waals surface area contributed by atoms with Crippen molar-refractivity contribution in [3.63, 3.8) is 0 Å². The second-order valence-electron chi connectivity index (χ2n) is 5.42. The smallest absolute Gasteiger partial charge is 0.224 e. The van der Waals surface area contributed by atoms with Gasteiger partial charge in [-0.3, -0.25) is 0 Å². The minimum Gasteiger partial charge on any atom is -0.382 e. The fourth-order valence-corrected chi connectivity index (χ4v) is 3.27. The molecule has 5 nitrogen and oxygen atoms in total. The zero-order chi connectivity index (χ0) is 14.2. The molecule has 20 heavy (non-hydrogen) atoms. The van der Waals surface area contributed by atoms with E-state index in [2.05, 4.69) is 14.9 Å². The number of anilines is 1. The molecule has 2 heterocycles. The van der Waals surface area contributed by atoms with Gasteiger partial charge in [-0.2, -0.15) is 4.98 Å². The fraction of sp³-hybridized carbons (Fsp3) is 0.692. The van der Waals surface area contributed by atoms with Gasteiger partial charge in [0.05, 0.1) is 24.5 Å². The number of halogens is 2. The van der Waals surface area contributed by atoms with Gasteiger partial charge in [-0.15, -0.1) is 0 Å². The van der Waals surface area contributed by atoms with Crippen molar-refractivity contribution in [2.45, 2.75) is 31.0 Å². The highest BCUT2D eigenvalue weighted by molar-refractivity contribution is 6.33. The van der Waals surface area contributed by atoms with Crippen LogP contribution in [0, 0.1) is 0 Å². The molecule has 1 spiro atoms. The first-order valence-electron chi connectivity index (χ1n) is 6.72. The Morgan fingerprint density at radius 1 is 1.50 bits per heavy atom. The molecule has 0 aromatic carbocycles. The topological polar surface area (TPSA) is 47.5 Å². The van der Waals surface area contributed by atoms with Crippen molar-refractivity contribution in [3.05, 3.63) is 16.5 Å². The summed E-state index contributed by atoms with van der Waals surface area (Å²) >= 11 is 12.1. The molecule has 110 valence electrons. The number of methoxy groups -OCH3 is 1. The summed E-state index contributed by atoms with van der Waals surface area (Å²) in [5.41, 5.74) is -0.0811. The van der Waals surface area contributed by atoms with Gasteiger partial charge in [-0.05, 0) is 30.9 Å². The van der Waals surface area contributed by atoms with E-state index in [1.54, 1.807) is 13.3 Å². The predicted octanol–water partition coefficient (Wildman–Crippen LogP) is 2.56. The third-order valence-electron chi connectivity index (χ3n) is 3.93. The van der Waals surface area contributed by atoms with Gasteiger partial charge < -0.3 is 14.4 Å². The third kappa shape index (κ3) is 2.72. The molecule has 3 rings (SSSR count). The standard InChI is InChI=1S/C13H17Cl2N3O2/c1-19-7-9-6-18(8-13(20-9)3-2-4-13)11-10(14)5-16-12(15)17-11/h5,9H,2-4,6-8H2,1H3. The summed E-state index contributed by atoms with van der Waals surface area (Å²) in [6.07, 6.45) is 4.91. The van der Waals surface area contributed by atoms with E-state index in [9.17, 15) is 0 Å². The Balaban J connectivity index is 1.85. The number of rotatable bonds is 3. The Morgan fingerprint density at radius 3 is 2.95 bits per heavy atom. The summed E-state index contributed by atoms with van der Waals surface area (Å²) in [4.78, 5) is 10.3. The van der Waals surface area contributed by atoms with Crippen molar-refractivity contribution in [2.24, 2.45) is 0 Å². The Bertz CT molecular complexity index is 497. The molecule has 2 fully saturated rings. The minimum absolute atomic E-state index is 0.0267. The maximum Gasteiger partial charge on any atom is 0.224 e. The predicted molar refractivity (Wildman–Crippen MR) is 77.6 cm³/mol. The number of hydrogen-bond donors (Lipinski definition) is 0.